The molecule has 3 aromatic rings. The van der Waals surface area contributed by atoms with Gasteiger partial charge in [0.1, 0.15) is 6.54 Å². The van der Waals surface area contributed by atoms with E-state index in [1.807, 2.05) is 0 Å². The van der Waals surface area contributed by atoms with Crippen LogP contribution in [0.2, 0.25) is 0 Å². The number of hydrogen-bond acceptors (Lipinski definition) is 3. The number of benzene rings is 3. The molecule has 31 heavy (non-hydrogen) atoms. The predicted octanol–water partition coefficient (Wildman–Crippen LogP) is 5.30. The topological polar surface area (TPSA) is 66.5 Å². The Labute approximate surface area is 185 Å². The number of hydrogen-bond donors (Lipinski definition) is 1. The fourth-order valence-electron chi connectivity index (χ4n) is 2.80. The van der Waals surface area contributed by atoms with Crippen molar-refractivity contribution >= 4 is 43.2 Å². The molecule has 0 saturated heterocycles. The molecule has 0 heterocycles. The first-order chi connectivity index (χ1) is 14.6. The lowest BCUT2D eigenvalue weighted by Crippen LogP contribution is -2.38. The highest BCUT2D eigenvalue weighted by atomic mass is 79.9. The molecule has 1 N–H and O–H groups in total. The summed E-state index contributed by atoms with van der Waals surface area (Å²) in [6.07, 6.45) is -4.68. The van der Waals surface area contributed by atoms with Crippen LogP contribution in [0.5, 0.6) is 0 Å². The van der Waals surface area contributed by atoms with Crippen molar-refractivity contribution in [3.05, 3.63) is 88.9 Å². The first-order valence-corrected chi connectivity index (χ1v) is 11.1. The third-order valence-electron chi connectivity index (χ3n) is 4.24. The van der Waals surface area contributed by atoms with Gasteiger partial charge < -0.3 is 5.32 Å². The number of carbonyl (C=O) groups is 1. The minimum Gasteiger partial charge on any atom is -0.324 e. The highest BCUT2D eigenvalue weighted by Crippen LogP contribution is 2.34. The summed E-state index contributed by atoms with van der Waals surface area (Å²) in [6, 6.07) is 18.1. The summed E-state index contributed by atoms with van der Waals surface area (Å²) in [5, 5.41) is 2.18. The average Bonchev–Trinajstić information content (AvgIpc) is 2.73. The Morgan fingerprint density at radius 2 is 1.48 bits per heavy atom. The van der Waals surface area contributed by atoms with E-state index < -0.39 is 39.9 Å². The van der Waals surface area contributed by atoms with E-state index in [-0.39, 0.29) is 10.6 Å². The number of amides is 1. The summed E-state index contributed by atoms with van der Waals surface area (Å²) in [5.74, 6) is -0.917. The molecule has 0 aromatic heterocycles. The van der Waals surface area contributed by atoms with Crippen LogP contribution in [-0.4, -0.2) is 20.9 Å². The van der Waals surface area contributed by atoms with Crippen LogP contribution in [0.4, 0.5) is 24.5 Å². The maximum atomic E-state index is 13.2. The molecule has 0 atom stereocenters. The highest BCUT2D eigenvalue weighted by molar-refractivity contribution is 9.10. The van der Waals surface area contributed by atoms with Gasteiger partial charge in [0, 0.05) is 4.47 Å². The first kappa shape index (κ1) is 22.8. The fourth-order valence-corrected chi connectivity index (χ4v) is 4.51. The van der Waals surface area contributed by atoms with E-state index in [1.54, 1.807) is 18.2 Å². The lowest BCUT2D eigenvalue weighted by molar-refractivity contribution is -0.137. The van der Waals surface area contributed by atoms with E-state index in [2.05, 4.69) is 21.2 Å². The smallest absolute Gasteiger partial charge is 0.324 e. The Hall–Kier alpha value is -2.85. The van der Waals surface area contributed by atoms with Gasteiger partial charge in [-0.2, -0.15) is 13.2 Å². The maximum absolute atomic E-state index is 13.2. The third kappa shape index (κ3) is 5.45. The van der Waals surface area contributed by atoms with Gasteiger partial charge in [-0.15, -0.1) is 0 Å². The van der Waals surface area contributed by atoms with E-state index in [0.29, 0.717) is 4.47 Å². The van der Waals surface area contributed by atoms with Crippen LogP contribution in [0, 0.1) is 0 Å². The molecule has 0 radical (unpaired) electrons. The van der Waals surface area contributed by atoms with Gasteiger partial charge in [-0.05, 0) is 48.5 Å². The molecular weight excluding hydrogens is 497 g/mol. The summed E-state index contributed by atoms with van der Waals surface area (Å²) < 4.78 is 67.5. The van der Waals surface area contributed by atoms with Crippen LogP contribution in [0.1, 0.15) is 5.56 Å². The van der Waals surface area contributed by atoms with Crippen molar-refractivity contribution in [3.8, 4) is 0 Å². The average molecular weight is 513 g/mol. The van der Waals surface area contributed by atoms with Gasteiger partial charge in [-0.25, -0.2) is 8.42 Å². The van der Waals surface area contributed by atoms with Crippen molar-refractivity contribution in [2.75, 3.05) is 16.2 Å². The molecule has 10 heteroatoms. The third-order valence-corrected chi connectivity index (χ3v) is 6.56. The number of nitrogens with one attached hydrogen (secondary N) is 1. The summed E-state index contributed by atoms with van der Waals surface area (Å²) in [4.78, 5) is 12.6. The number of alkyl halides is 3. The normalized spacial score (nSPS) is 11.7. The second-order valence-corrected chi connectivity index (χ2v) is 9.17. The van der Waals surface area contributed by atoms with Crippen molar-refractivity contribution in [2.45, 2.75) is 11.1 Å². The number of nitrogens with zero attached hydrogens (tertiary/aromatic N) is 1. The lowest BCUT2D eigenvalue weighted by Gasteiger charge is -2.24. The molecule has 0 aliphatic rings. The van der Waals surface area contributed by atoms with Crippen molar-refractivity contribution in [1.29, 1.82) is 0 Å². The summed E-state index contributed by atoms with van der Waals surface area (Å²) >= 11 is 3.26. The Morgan fingerprint density at radius 3 is 2.10 bits per heavy atom. The van der Waals surface area contributed by atoms with Gasteiger partial charge in [-0.1, -0.05) is 46.3 Å². The zero-order chi connectivity index (χ0) is 22.6. The van der Waals surface area contributed by atoms with Crippen molar-refractivity contribution in [1.82, 2.24) is 0 Å². The van der Waals surface area contributed by atoms with Gasteiger partial charge in [-0.3, -0.25) is 9.10 Å². The SMILES string of the molecule is O=C(CN(c1ccc(Br)cc1)S(=O)(=O)c1ccccc1)Nc1ccccc1C(F)(F)F. The Kier molecular flexibility index (Phi) is 6.71. The van der Waals surface area contributed by atoms with Crippen LogP contribution < -0.4 is 9.62 Å². The Morgan fingerprint density at radius 1 is 0.903 bits per heavy atom. The van der Waals surface area contributed by atoms with E-state index in [9.17, 15) is 26.4 Å². The molecule has 5 nitrogen and oxygen atoms in total. The van der Waals surface area contributed by atoms with Crippen LogP contribution in [0.3, 0.4) is 0 Å². The maximum Gasteiger partial charge on any atom is 0.418 e. The van der Waals surface area contributed by atoms with Gasteiger partial charge in [0.2, 0.25) is 5.91 Å². The predicted molar refractivity (Wildman–Crippen MR) is 115 cm³/mol. The largest absolute Gasteiger partial charge is 0.418 e. The molecular formula is C21H16BrF3N2O3S. The quantitative estimate of drug-likeness (QED) is 0.487. The molecule has 0 fully saturated rings. The number of halogens is 4. The number of carbonyl (C=O) groups excluding carboxylic acids is 1. The monoisotopic (exact) mass is 512 g/mol. The molecule has 0 bridgehead atoms. The molecule has 0 saturated carbocycles. The second-order valence-electron chi connectivity index (χ2n) is 6.39. The Bertz CT molecular complexity index is 1170. The van der Waals surface area contributed by atoms with E-state index >= 15 is 0 Å². The standard InChI is InChI=1S/C21H16BrF3N2O3S/c22-15-10-12-16(13-11-15)27(31(29,30)17-6-2-1-3-7-17)14-20(28)26-19-9-5-4-8-18(19)21(23,24)25/h1-13H,14H2,(H,26,28). The van der Waals surface area contributed by atoms with E-state index in [4.69, 9.17) is 0 Å². The minimum atomic E-state index is -4.68. The fraction of sp³-hybridized carbons (Fsp3) is 0.0952. The highest BCUT2D eigenvalue weighted by Gasteiger charge is 2.34. The van der Waals surface area contributed by atoms with Crippen molar-refractivity contribution < 1.29 is 26.4 Å². The number of rotatable bonds is 6. The summed E-state index contributed by atoms with van der Waals surface area (Å²) in [6.45, 7) is -0.717. The zero-order valence-electron chi connectivity index (χ0n) is 15.8. The number of sulfonamides is 1. The van der Waals surface area contributed by atoms with Crippen molar-refractivity contribution in [3.63, 3.8) is 0 Å². The van der Waals surface area contributed by atoms with Crippen LogP contribution in [0.15, 0.2) is 88.2 Å². The molecule has 0 aliphatic carbocycles. The van der Waals surface area contributed by atoms with Gasteiger partial charge >= 0.3 is 6.18 Å². The molecule has 1 amide bonds. The summed E-state index contributed by atoms with van der Waals surface area (Å²) in [7, 11) is -4.16. The van der Waals surface area contributed by atoms with Gasteiger partial charge in [0.25, 0.3) is 10.0 Å². The molecule has 0 spiro atoms. The molecule has 162 valence electrons. The first-order valence-electron chi connectivity index (χ1n) is 8.88. The zero-order valence-corrected chi connectivity index (χ0v) is 18.2. The Balaban J connectivity index is 1.95. The second kappa shape index (κ2) is 9.11. The lowest BCUT2D eigenvalue weighted by atomic mass is 10.1. The van der Waals surface area contributed by atoms with Crippen molar-refractivity contribution in [2.24, 2.45) is 0 Å². The van der Waals surface area contributed by atoms with Gasteiger partial charge in [0.15, 0.2) is 0 Å². The van der Waals surface area contributed by atoms with E-state index in [0.717, 1.165) is 16.4 Å². The van der Waals surface area contributed by atoms with Crippen LogP contribution >= 0.6 is 15.9 Å². The molecule has 0 aliphatic heterocycles. The van der Waals surface area contributed by atoms with Crippen LogP contribution in [0.25, 0.3) is 0 Å². The van der Waals surface area contributed by atoms with Crippen LogP contribution in [-0.2, 0) is 21.0 Å². The number of anilines is 2. The van der Waals surface area contributed by atoms with E-state index in [1.165, 1.54) is 48.5 Å². The number of para-hydroxylation sites is 1. The summed E-state index contributed by atoms with van der Waals surface area (Å²) in [5.41, 5.74) is -1.29. The molecule has 3 aromatic carbocycles. The molecule has 0 unspecified atom stereocenters. The minimum absolute atomic E-state index is 0.0542. The molecule has 3 rings (SSSR count). The van der Waals surface area contributed by atoms with Gasteiger partial charge in [0.05, 0.1) is 21.8 Å².